The Morgan fingerprint density at radius 2 is 2.45 bits per heavy atom. The summed E-state index contributed by atoms with van der Waals surface area (Å²) < 4.78 is 5.23. The molecule has 2 amide bonds. The molecule has 1 atom stereocenters. The van der Waals surface area contributed by atoms with Gasteiger partial charge in [0.15, 0.2) is 6.23 Å². The lowest BCUT2D eigenvalue weighted by atomic mass is 10.2. The number of carbonyl (C=O) groups is 1. The normalized spacial score (nSPS) is 23.6. The number of hydrogen-bond acceptors (Lipinski definition) is 2. The van der Waals surface area contributed by atoms with E-state index >= 15 is 0 Å². The number of rotatable bonds is 2. The van der Waals surface area contributed by atoms with E-state index in [1.54, 1.807) is 6.20 Å². The van der Waals surface area contributed by atoms with E-state index in [-0.39, 0.29) is 12.3 Å². The zero-order valence-corrected chi connectivity index (χ0v) is 6.68. The highest BCUT2D eigenvalue weighted by molar-refractivity contribution is 5.76. The minimum absolute atomic E-state index is 0.214. The number of nitrogens with one attached hydrogen (secondary N) is 2. The van der Waals surface area contributed by atoms with Gasteiger partial charge in [-0.15, -0.1) is 0 Å². The topological polar surface area (TPSA) is 50.4 Å². The third-order valence-corrected chi connectivity index (χ3v) is 1.44. The fourth-order valence-electron chi connectivity index (χ4n) is 0.869. The van der Waals surface area contributed by atoms with Crippen LogP contribution in [0.3, 0.4) is 0 Å². The molecule has 4 heteroatoms. The summed E-state index contributed by atoms with van der Waals surface area (Å²) >= 11 is 0. The molecule has 1 aliphatic heterocycles. The lowest BCUT2D eigenvalue weighted by molar-refractivity contribution is 0.0680. The van der Waals surface area contributed by atoms with Crippen LogP contribution in [0.5, 0.6) is 0 Å². The molecule has 0 saturated heterocycles. The Balaban J connectivity index is 2.56. The summed E-state index contributed by atoms with van der Waals surface area (Å²) in [5.41, 5.74) is 0.978. The molecule has 0 aliphatic carbocycles. The van der Waals surface area contributed by atoms with Gasteiger partial charge in [-0.1, -0.05) is 0 Å². The van der Waals surface area contributed by atoms with Gasteiger partial charge in [0, 0.05) is 12.8 Å². The minimum Gasteiger partial charge on any atom is -0.355 e. The van der Waals surface area contributed by atoms with Crippen LogP contribution in [-0.2, 0) is 4.74 Å². The molecule has 1 heterocycles. The van der Waals surface area contributed by atoms with E-state index in [4.69, 9.17) is 4.74 Å². The van der Waals surface area contributed by atoms with Crippen LogP contribution in [-0.4, -0.2) is 18.9 Å². The summed E-state index contributed by atoms with van der Waals surface area (Å²) in [6.07, 6.45) is 1.40. The van der Waals surface area contributed by atoms with Crippen LogP contribution in [0.2, 0.25) is 0 Å². The molecular weight excluding hydrogens is 144 g/mol. The van der Waals surface area contributed by atoms with Gasteiger partial charge in [-0.05, 0) is 19.4 Å². The molecular formula is C7H12N2O2. The average molecular weight is 156 g/mol. The number of ether oxygens (including phenoxy) is 1. The van der Waals surface area contributed by atoms with Crippen molar-refractivity contribution in [3.05, 3.63) is 11.8 Å². The van der Waals surface area contributed by atoms with E-state index in [0.29, 0.717) is 6.61 Å². The third kappa shape index (κ3) is 1.94. The smallest absolute Gasteiger partial charge is 0.321 e. The molecule has 1 aliphatic rings. The largest absolute Gasteiger partial charge is 0.355 e. The standard InChI is InChI=1S/C7H12N2O2/c1-3-11-6-5(2)4-8-7(10)9-6/h4,6H,3H2,1-2H3,(H2,8,9,10). The predicted molar refractivity (Wildman–Crippen MR) is 40.8 cm³/mol. The molecule has 0 saturated carbocycles. The van der Waals surface area contributed by atoms with Gasteiger partial charge in [0.05, 0.1) is 0 Å². The van der Waals surface area contributed by atoms with Crippen LogP contribution < -0.4 is 10.6 Å². The fraction of sp³-hybridized carbons (Fsp3) is 0.571. The van der Waals surface area contributed by atoms with Crippen molar-refractivity contribution in [2.75, 3.05) is 6.61 Å². The zero-order valence-electron chi connectivity index (χ0n) is 6.68. The molecule has 62 valence electrons. The third-order valence-electron chi connectivity index (χ3n) is 1.44. The van der Waals surface area contributed by atoms with Crippen LogP contribution in [0.1, 0.15) is 13.8 Å². The van der Waals surface area contributed by atoms with E-state index in [1.165, 1.54) is 0 Å². The molecule has 0 aromatic heterocycles. The summed E-state index contributed by atoms with van der Waals surface area (Å²) in [5, 5.41) is 5.15. The molecule has 0 radical (unpaired) electrons. The molecule has 1 rings (SSSR count). The lowest BCUT2D eigenvalue weighted by Gasteiger charge is -2.23. The van der Waals surface area contributed by atoms with Crippen molar-refractivity contribution in [1.82, 2.24) is 10.6 Å². The van der Waals surface area contributed by atoms with E-state index in [9.17, 15) is 4.79 Å². The summed E-state index contributed by atoms with van der Waals surface area (Å²) in [7, 11) is 0. The van der Waals surface area contributed by atoms with Crippen molar-refractivity contribution in [2.24, 2.45) is 0 Å². The molecule has 4 nitrogen and oxygen atoms in total. The van der Waals surface area contributed by atoms with Gasteiger partial charge in [0.25, 0.3) is 0 Å². The Morgan fingerprint density at radius 1 is 1.73 bits per heavy atom. The molecule has 0 bridgehead atoms. The van der Waals surface area contributed by atoms with E-state index < -0.39 is 0 Å². The number of urea groups is 1. The van der Waals surface area contributed by atoms with Crippen LogP contribution in [0, 0.1) is 0 Å². The second kappa shape index (κ2) is 3.39. The van der Waals surface area contributed by atoms with Crippen LogP contribution >= 0.6 is 0 Å². The fourth-order valence-corrected chi connectivity index (χ4v) is 0.869. The van der Waals surface area contributed by atoms with Crippen molar-refractivity contribution in [1.29, 1.82) is 0 Å². The van der Waals surface area contributed by atoms with Crippen molar-refractivity contribution >= 4 is 6.03 Å². The van der Waals surface area contributed by atoms with Crippen molar-refractivity contribution in [2.45, 2.75) is 20.1 Å². The lowest BCUT2D eigenvalue weighted by Crippen LogP contribution is -2.46. The Labute approximate surface area is 65.6 Å². The molecule has 0 spiro atoms. The van der Waals surface area contributed by atoms with Crippen LogP contribution in [0.4, 0.5) is 4.79 Å². The number of carbonyl (C=O) groups excluding carboxylic acids is 1. The molecule has 0 aromatic rings. The van der Waals surface area contributed by atoms with Gasteiger partial charge in [-0.25, -0.2) is 4.79 Å². The van der Waals surface area contributed by atoms with Gasteiger partial charge >= 0.3 is 6.03 Å². The molecule has 0 aromatic carbocycles. The summed E-state index contributed by atoms with van der Waals surface area (Å²) in [4.78, 5) is 10.7. The maximum atomic E-state index is 10.7. The maximum Gasteiger partial charge on any atom is 0.321 e. The highest BCUT2D eigenvalue weighted by atomic mass is 16.5. The molecule has 11 heavy (non-hydrogen) atoms. The Kier molecular flexibility index (Phi) is 2.48. The van der Waals surface area contributed by atoms with Gasteiger partial charge < -0.3 is 15.4 Å². The summed E-state index contributed by atoms with van der Waals surface area (Å²) in [6.45, 7) is 4.38. The first-order chi connectivity index (χ1) is 5.24. The van der Waals surface area contributed by atoms with E-state index in [1.807, 2.05) is 13.8 Å². The van der Waals surface area contributed by atoms with Crippen LogP contribution in [0.25, 0.3) is 0 Å². The Hall–Kier alpha value is -1.03. The highest BCUT2D eigenvalue weighted by Crippen LogP contribution is 2.04. The van der Waals surface area contributed by atoms with Crippen LogP contribution in [0.15, 0.2) is 11.8 Å². The van der Waals surface area contributed by atoms with E-state index in [0.717, 1.165) is 5.57 Å². The highest BCUT2D eigenvalue weighted by Gasteiger charge is 2.17. The second-order valence-electron chi connectivity index (χ2n) is 2.34. The van der Waals surface area contributed by atoms with Gasteiger partial charge in [-0.3, -0.25) is 0 Å². The zero-order chi connectivity index (χ0) is 8.27. The summed E-state index contributed by atoms with van der Waals surface area (Å²) in [6, 6.07) is -0.214. The Bertz CT molecular complexity index is 189. The molecule has 0 fully saturated rings. The first-order valence-corrected chi connectivity index (χ1v) is 3.59. The number of amides is 2. The van der Waals surface area contributed by atoms with E-state index in [2.05, 4.69) is 10.6 Å². The quantitative estimate of drug-likeness (QED) is 0.614. The average Bonchev–Trinajstić information content (AvgIpc) is 1.98. The Morgan fingerprint density at radius 3 is 3.09 bits per heavy atom. The first-order valence-electron chi connectivity index (χ1n) is 3.59. The minimum atomic E-state index is -0.256. The number of hydrogen-bond donors (Lipinski definition) is 2. The molecule has 1 unspecified atom stereocenters. The summed E-state index contributed by atoms with van der Waals surface area (Å²) in [5.74, 6) is 0. The molecule has 2 N–H and O–H groups in total. The predicted octanol–water partition coefficient (Wildman–Crippen LogP) is 0.566. The second-order valence-corrected chi connectivity index (χ2v) is 2.34. The van der Waals surface area contributed by atoms with Crippen molar-refractivity contribution in [3.63, 3.8) is 0 Å². The van der Waals surface area contributed by atoms with Gasteiger partial charge in [-0.2, -0.15) is 0 Å². The SMILES string of the molecule is CCOC1NC(=O)NC=C1C. The van der Waals surface area contributed by atoms with Crippen molar-refractivity contribution in [3.8, 4) is 0 Å². The first kappa shape index (κ1) is 8.07. The monoisotopic (exact) mass is 156 g/mol. The maximum absolute atomic E-state index is 10.7. The van der Waals surface area contributed by atoms with Gasteiger partial charge in [0.1, 0.15) is 0 Å². The van der Waals surface area contributed by atoms with Gasteiger partial charge in [0.2, 0.25) is 0 Å². The van der Waals surface area contributed by atoms with Crippen molar-refractivity contribution < 1.29 is 9.53 Å².